The Bertz CT molecular complexity index is 310. The van der Waals surface area contributed by atoms with Crippen LogP contribution in [0, 0.1) is 0 Å². The van der Waals surface area contributed by atoms with Gasteiger partial charge in [-0.25, -0.2) is 0 Å². The maximum atomic E-state index is 9.39. The van der Waals surface area contributed by atoms with E-state index in [2.05, 4.69) is 35.8 Å². The van der Waals surface area contributed by atoms with E-state index in [-0.39, 0.29) is 0 Å². The molecule has 0 spiro atoms. The molecular formula is C11H15BrOS. The second-order valence-corrected chi connectivity index (χ2v) is 6.01. The van der Waals surface area contributed by atoms with E-state index in [0.29, 0.717) is 5.25 Å². The van der Waals surface area contributed by atoms with Crippen molar-refractivity contribution in [1.29, 1.82) is 0 Å². The summed E-state index contributed by atoms with van der Waals surface area (Å²) in [4.78, 5) is 1.23. The van der Waals surface area contributed by atoms with Crippen molar-refractivity contribution in [3.8, 4) is 0 Å². The van der Waals surface area contributed by atoms with Crippen molar-refractivity contribution in [2.45, 2.75) is 37.0 Å². The summed E-state index contributed by atoms with van der Waals surface area (Å²) in [5, 5.41) is 9.97. The summed E-state index contributed by atoms with van der Waals surface area (Å²) in [6.07, 6.45) is -0.399. The fourth-order valence-electron chi connectivity index (χ4n) is 1.13. The monoisotopic (exact) mass is 274 g/mol. The second kappa shape index (κ2) is 5.19. The predicted octanol–water partition coefficient (Wildman–Crippen LogP) is 4.00. The maximum Gasteiger partial charge on any atom is 0.0762 e. The molecule has 1 N–H and O–H groups in total. The molecule has 0 aliphatic carbocycles. The summed E-state index contributed by atoms with van der Waals surface area (Å²) in [5.41, 5.74) is 0.949. The van der Waals surface area contributed by atoms with Crippen LogP contribution in [0.3, 0.4) is 0 Å². The van der Waals surface area contributed by atoms with Gasteiger partial charge in [0.15, 0.2) is 0 Å². The number of benzene rings is 1. The van der Waals surface area contributed by atoms with Gasteiger partial charge in [0.1, 0.15) is 0 Å². The molecule has 1 nitrogen and oxygen atoms in total. The topological polar surface area (TPSA) is 20.2 Å². The van der Waals surface area contributed by atoms with Gasteiger partial charge in [0, 0.05) is 14.6 Å². The Hall–Kier alpha value is 0.01000. The molecule has 0 aromatic heterocycles. The first-order chi connectivity index (χ1) is 6.50. The van der Waals surface area contributed by atoms with Gasteiger partial charge in [0.25, 0.3) is 0 Å². The zero-order valence-corrected chi connectivity index (χ0v) is 11.0. The molecule has 1 aromatic rings. The Balaban J connectivity index is 2.90. The highest BCUT2D eigenvalue weighted by Gasteiger charge is 2.06. The molecule has 0 bridgehead atoms. The average Bonchev–Trinajstić information content (AvgIpc) is 2.07. The second-order valence-electron chi connectivity index (χ2n) is 3.53. The number of thioether (sulfide) groups is 1. The number of halogens is 1. The van der Waals surface area contributed by atoms with Crippen molar-refractivity contribution in [2.24, 2.45) is 0 Å². The highest BCUT2D eigenvalue weighted by atomic mass is 79.9. The molecule has 0 saturated heterocycles. The van der Waals surface area contributed by atoms with E-state index in [9.17, 15) is 5.11 Å². The molecule has 0 fully saturated rings. The van der Waals surface area contributed by atoms with Gasteiger partial charge >= 0.3 is 0 Å². The van der Waals surface area contributed by atoms with Crippen molar-refractivity contribution >= 4 is 27.7 Å². The van der Waals surface area contributed by atoms with Crippen LogP contribution in [0.2, 0.25) is 0 Å². The van der Waals surface area contributed by atoms with E-state index in [4.69, 9.17) is 0 Å². The molecule has 1 aromatic carbocycles. The van der Waals surface area contributed by atoms with Crippen LogP contribution in [0.15, 0.2) is 27.6 Å². The molecule has 14 heavy (non-hydrogen) atoms. The Morgan fingerprint density at radius 2 is 1.93 bits per heavy atom. The summed E-state index contributed by atoms with van der Waals surface area (Å²) in [7, 11) is 0. The van der Waals surface area contributed by atoms with E-state index >= 15 is 0 Å². The largest absolute Gasteiger partial charge is 0.389 e. The first-order valence-electron chi connectivity index (χ1n) is 4.65. The molecule has 0 aliphatic heterocycles. The molecular weight excluding hydrogens is 260 g/mol. The van der Waals surface area contributed by atoms with Gasteiger partial charge in [-0.15, -0.1) is 11.8 Å². The van der Waals surface area contributed by atoms with E-state index in [1.807, 2.05) is 23.9 Å². The summed E-state index contributed by atoms with van der Waals surface area (Å²) in [5.74, 6) is 0. The summed E-state index contributed by atoms with van der Waals surface area (Å²) >= 11 is 5.33. The van der Waals surface area contributed by atoms with Crippen LogP contribution in [-0.2, 0) is 0 Å². The Morgan fingerprint density at radius 1 is 1.29 bits per heavy atom. The Labute approximate surface area is 98.0 Å². The van der Waals surface area contributed by atoms with Crippen LogP contribution in [0.5, 0.6) is 0 Å². The van der Waals surface area contributed by atoms with Gasteiger partial charge in [-0.3, -0.25) is 0 Å². The highest BCUT2D eigenvalue weighted by molar-refractivity contribution is 9.10. The van der Waals surface area contributed by atoms with E-state index in [1.165, 1.54) is 4.90 Å². The van der Waals surface area contributed by atoms with Gasteiger partial charge in [-0.05, 0) is 40.5 Å². The van der Waals surface area contributed by atoms with E-state index < -0.39 is 6.10 Å². The van der Waals surface area contributed by atoms with Crippen LogP contribution in [0.1, 0.15) is 32.4 Å². The first-order valence-corrected chi connectivity index (χ1v) is 6.32. The van der Waals surface area contributed by atoms with Gasteiger partial charge in [0.2, 0.25) is 0 Å². The molecule has 0 radical (unpaired) electrons. The van der Waals surface area contributed by atoms with E-state index in [1.54, 1.807) is 6.92 Å². The predicted molar refractivity (Wildman–Crippen MR) is 65.8 cm³/mol. The quantitative estimate of drug-likeness (QED) is 0.841. The third kappa shape index (κ3) is 3.30. The molecule has 0 saturated carbocycles. The normalized spacial score (nSPS) is 13.3. The van der Waals surface area contributed by atoms with E-state index in [0.717, 1.165) is 10.0 Å². The van der Waals surface area contributed by atoms with Crippen LogP contribution >= 0.6 is 27.7 Å². The summed E-state index contributed by atoms with van der Waals surface area (Å²) in [6.45, 7) is 6.11. The van der Waals surface area contributed by atoms with Crippen LogP contribution in [0.25, 0.3) is 0 Å². The minimum atomic E-state index is -0.399. The van der Waals surface area contributed by atoms with Gasteiger partial charge in [-0.1, -0.05) is 19.9 Å². The lowest BCUT2D eigenvalue weighted by atomic mass is 10.1. The maximum absolute atomic E-state index is 9.39. The van der Waals surface area contributed by atoms with Crippen molar-refractivity contribution in [2.75, 3.05) is 0 Å². The molecule has 0 unspecified atom stereocenters. The highest BCUT2D eigenvalue weighted by Crippen LogP contribution is 2.32. The fraction of sp³-hybridized carbons (Fsp3) is 0.455. The molecule has 3 heteroatoms. The fourth-order valence-corrected chi connectivity index (χ4v) is 2.63. The number of hydrogen-bond acceptors (Lipinski definition) is 2. The van der Waals surface area contributed by atoms with Gasteiger partial charge in [-0.2, -0.15) is 0 Å². The van der Waals surface area contributed by atoms with Gasteiger partial charge < -0.3 is 5.11 Å². The Kier molecular flexibility index (Phi) is 4.48. The molecule has 0 amide bonds. The number of aliphatic hydroxyl groups excluding tert-OH is 1. The van der Waals surface area contributed by atoms with Crippen molar-refractivity contribution in [1.82, 2.24) is 0 Å². The van der Waals surface area contributed by atoms with Crippen LogP contribution in [-0.4, -0.2) is 10.4 Å². The lowest BCUT2D eigenvalue weighted by Crippen LogP contribution is -1.92. The smallest absolute Gasteiger partial charge is 0.0762 e. The molecule has 1 atom stereocenters. The van der Waals surface area contributed by atoms with Gasteiger partial charge in [0.05, 0.1) is 6.10 Å². The van der Waals surface area contributed by atoms with Crippen molar-refractivity contribution in [3.05, 3.63) is 28.2 Å². The average molecular weight is 275 g/mol. The SMILES string of the molecule is CC(C)Sc1ccc([C@H](C)O)cc1Br. The number of rotatable bonds is 3. The lowest BCUT2D eigenvalue weighted by Gasteiger charge is -2.10. The number of aliphatic hydroxyl groups is 1. The van der Waals surface area contributed by atoms with Crippen molar-refractivity contribution in [3.63, 3.8) is 0 Å². The zero-order valence-electron chi connectivity index (χ0n) is 8.62. The molecule has 0 aliphatic rings. The summed E-state index contributed by atoms with van der Waals surface area (Å²) in [6, 6.07) is 6.01. The Morgan fingerprint density at radius 3 is 2.36 bits per heavy atom. The molecule has 78 valence electrons. The third-order valence-electron chi connectivity index (χ3n) is 1.80. The van der Waals surface area contributed by atoms with Crippen LogP contribution < -0.4 is 0 Å². The summed E-state index contributed by atoms with van der Waals surface area (Å²) < 4.78 is 1.06. The van der Waals surface area contributed by atoms with Crippen LogP contribution in [0.4, 0.5) is 0 Å². The number of hydrogen-bond donors (Lipinski definition) is 1. The van der Waals surface area contributed by atoms with Crippen molar-refractivity contribution < 1.29 is 5.11 Å². The third-order valence-corrected chi connectivity index (χ3v) is 3.80. The minimum Gasteiger partial charge on any atom is -0.389 e. The lowest BCUT2D eigenvalue weighted by molar-refractivity contribution is 0.199. The zero-order chi connectivity index (χ0) is 10.7. The minimum absolute atomic E-state index is 0.399. The first kappa shape index (κ1) is 12.1. The molecule has 0 heterocycles. The molecule has 1 rings (SSSR count). The standard InChI is InChI=1S/C11H15BrOS/c1-7(2)14-11-5-4-9(8(3)13)6-10(11)12/h4-8,13H,1-3H3/t8-/m0/s1.